The number of rotatable bonds is 8. The highest BCUT2D eigenvalue weighted by molar-refractivity contribution is 4.75. The van der Waals surface area contributed by atoms with E-state index in [1.807, 2.05) is 51.2 Å². The summed E-state index contributed by atoms with van der Waals surface area (Å²) in [5.74, 6) is 0. The lowest BCUT2D eigenvalue weighted by atomic mass is 10.3. The second-order valence-corrected chi connectivity index (χ2v) is 5.85. The zero-order chi connectivity index (χ0) is 24.0. The van der Waals surface area contributed by atoms with Crippen LogP contribution in [0.4, 0.5) is 0 Å². The van der Waals surface area contributed by atoms with Crippen LogP contribution in [-0.4, -0.2) is 0 Å². The molecule has 0 aliphatic heterocycles. The molecule has 0 atom stereocenters. The van der Waals surface area contributed by atoms with E-state index >= 15 is 0 Å². The maximum atomic E-state index is 3.55. The van der Waals surface area contributed by atoms with Crippen molar-refractivity contribution in [1.82, 2.24) is 0 Å². The van der Waals surface area contributed by atoms with Crippen LogP contribution in [-0.2, 0) is 0 Å². The van der Waals surface area contributed by atoms with Gasteiger partial charge in [-0.25, -0.2) is 0 Å². The predicted octanol–water partition coefficient (Wildman–Crippen LogP) is 11.4. The van der Waals surface area contributed by atoms with E-state index < -0.39 is 0 Å². The minimum absolute atomic E-state index is 1.08. The molecule has 0 aromatic heterocycles. The van der Waals surface area contributed by atoms with Crippen molar-refractivity contribution < 1.29 is 0 Å². The summed E-state index contributed by atoms with van der Waals surface area (Å²) in [6.45, 7) is 29.3. The van der Waals surface area contributed by atoms with Crippen molar-refractivity contribution in [1.29, 1.82) is 0 Å². The molecule has 0 radical (unpaired) electrons. The van der Waals surface area contributed by atoms with Crippen molar-refractivity contribution in [3.05, 3.63) is 74.4 Å². The molecule has 29 heavy (non-hydrogen) atoms. The minimum atomic E-state index is 1.08. The minimum Gasteiger partial charge on any atom is -0.103 e. The molecule has 0 fully saturated rings. The average molecular weight is 407 g/mol. The molecule has 0 rings (SSSR count). The Labute approximate surface area is 188 Å². The number of hydrogen-bond donors (Lipinski definition) is 0. The molecule has 0 aliphatic rings. The first-order valence-electron chi connectivity index (χ1n) is 11.6. The van der Waals surface area contributed by atoms with Gasteiger partial charge in [-0.1, -0.05) is 109 Å². The van der Waals surface area contributed by atoms with Gasteiger partial charge in [0.05, 0.1) is 0 Å². The summed E-state index contributed by atoms with van der Waals surface area (Å²) in [4.78, 5) is 0. The third kappa shape index (κ3) is 177. The van der Waals surface area contributed by atoms with E-state index in [9.17, 15) is 0 Å². The van der Waals surface area contributed by atoms with E-state index in [1.165, 1.54) is 25.7 Å². The van der Waals surface area contributed by atoms with Gasteiger partial charge < -0.3 is 0 Å². The zero-order valence-electron chi connectivity index (χ0n) is 22.0. The van der Waals surface area contributed by atoms with Gasteiger partial charge in [-0.15, -0.1) is 19.7 Å². The summed E-state index contributed by atoms with van der Waals surface area (Å²) in [6.07, 6.45) is 27.7. The van der Waals surface area contributed by atoms with Gasteiger partial charge in [0, 0.05) is 0 Å². The summed E-state index contributed by atoms with van der Waals surface area (Å²) >= 11 is 0. The van der Waals surface area contributed by atoms with E-state index in [-0.39, 0.29) is 0 Å². The molecule has 0 saturated heterocycles. The molecule has 0 heteroatoms. The maximum absolute atomic E-state index is 3.55. The number of hydrogen-bond acceptors (Lipinski definition) is 0. The molecule has 0 aromatic rings. The maximum Gasteiger partial charge on any atom is -0.0353 e. The fourth-order valence-corrected chi connectivity index (χ4v) is 0.977. The monoisotopic (exact) mass is 406 g/mol. The van der Waals surface area contributed by atoms with Crippen molar-refractivity contribution in [2.75, 3.05) is 0 Å². The molecule has 174 valence electrons. The average Bonchev–Trinajstić information content (AvgIpc) is 2.75. The lowest BCUT2D eigenvalue weighted by molar-refractivity contribution is 0.957. The highest BCUT2D eigenvalue weighted by Gasteiger charge is 1.65. The smallest absolute Gasteiger partial charge is 0.0353 e. The van der Waals surface area contributed by atoms with Crippen LogP contribution in [0.1, 0.15) is 114 Å². The highest BCUT2D eigenvalue weighted by Crippen LogP contribution is 1.85. The molecule has 0 aliphatic carbocycles. The van der Waals surface area contributed by atoms with Gasteiger partial charge in [-0.05, 0) is 59.8 Å². The predicted molar refractivity (Wildman–Crippen MR) is 146 cm³/mol. The fourth-order valence-electron chi connectivity index (χ4n) is 0.977. The van der Waals surface area contributed by atoms with Gasteiger partial charge in [0.1, 0.15) is 0 Å². The molecular formula is C29H58. The molecule has 0 bridgehead atoms. The molecule has 0 nitrogen and oxygen atoms in total. The third-order valence-corrected chi connectivity index (χ3v) is 2.77. The van der Waals surface area contributed by atoms with E-state index in [0.29, 0.717) is 0 Å². The summed E-state index contributed by atoms with van der Waals surface area (Å²) in [6, 6.07) is 0. The Bertz CT molecular complexity index is 288. The van der Waals surface area contributed by atoms with Crippen LogP contribution in [0.2, 0.25) is 0 Å². The Morgan fingerprint density at radius 2 is 0.793 bits per heavy atom. The Hall–Kier alpha value is -1.56. The van der Waals surface area contributed by atoms with Gasteiger partial charge in [-0.2, -0.15) is 0 Å². The Balaban J connectivity index is -0.0000000550. The largest absolute Gasteiger partial charge is 0.103 e. The van der Waals surface area contributed by atoms with Crippen molar-refractivity contribution in [3.63, 3.8) is 0 Å². The van der Waals surface area contributed by atoms with Crippen molar-refractivity contribution >= 4 is 0 Å². The van der Waals surface area contributed by atoms with Crippen molar-refractivity contribution in [2.45, 2.75) is 114 Å². The van der Waals surface area contributed by atoms with Crippen LogP contribution >= 0.6 is 0 Å². The van der Waals surface area contributed by atoms with Crippen LogP contribution < -0.4 is 0 Å². The first kappa shape index (κ1) is 41.7. The van der Waals surface area contributed by atoms with Crippen LogP contribution in [0.25, 0.3) is 0 Å². The van der Waals surface area contributed by atoms with Gasteiger partial charge >= 0.3 is 0 Å². The summed E-state index contributed by atoms with van der Waals surface area (Å²) in [5, 5.41) is 0. The first-order chi connectivity index (χ1) is 14.0. The summed E-state index contributed by atoms with van der Waals surface area (Å²) < 4.78 is 0. The normalized spacial score (nSPS) is 8.59. The Morgan fingerprint density at radius 3 is 0.828 bits per heavy atom. The number of unbranched alkanes of at least 4 members (excludes halogenated alkanes) is 3. The summed E-state index contributed by atoms with van der Waals surface area (Å²) in [5.41, 5.74) is 0. The van der Waals surface area contributed by atoms with Crippen molar-refractivity contribution in [2.24, 2.45) is 0 Å². The molecule has 0 saturated carbocycles. The molecular weight excluding hydrogens is 348 g/mol. The van der Waals surface area contributed by atoms with Gasteiger partial charge in [-0.3, -0.25) is 0 Å². The molecule has 0 N–H and O–H groups in total. The van der Waals surface area contributed by atoms with Crippen LogP contribution in [0.15, 0.2) is 74.4 Å². The van der Waals surface area contributed by atoms with E-state index in [1.54, 1.807) is 0 Å². The molecule has 0 heterocycles. The van der Waals surface area contributed by atoms with Crippen LogP contribution in [0.3, 0.4) is 0 Å². The van der Waals surface area contributed by atoms with E-state index in [4.69, 9.17) is 0 Å². The van der Waals surface area contributed by atoms with Crippen molar-refractivity contribution in [3.8, 4) is 0 Å². The van der Waals surface area contributed by atoms with E-state index in [0.717, 1.165) is 25.7 Å². The SMILES string of the molecule is C/C=C/C.C/C=C/CC.C/C=C/CCC.C=CCC.C=CCCC.C=CCCC. The fraction of sp³-hybridized carbons (Fsp3) is 0.586. The molecule has 0 spiro atoms. The second kappa shape index (κ2) is 71.8. The zero-order valence-corrected chi connectivity index (χ0v) is 22.0. The van der Waals surface area contributed by atoms with Gasteiger partial charge in [0.2, 0.25) is 0 Å². The molecule has 0 amide bonds. The standard InChI is InChI=1S/C6H12.3C5H10.2C4H8/c1-3-5-6-4-2;3*1-3-5-4-2;2*1-3-4-2/h3,5H,4,6H2,1-2H3;3,5H,4H2,1-2H3;2*3H,1,4-5H2,2H3;3-4H,1-2H3;3H,1,4H2,2H3/b2*5-3+;;;4-3+;. The van der Waals surface area contributed by atoms with Gasteiger partial charge in [0.15, 0.2) is 0 Å². The molecule has 0 aromatic carbocycles. The van der Waals surface area contributed by atoms with E-state index in [2.05, 4.69) is 85.6 Å². The van der Waals surface area contributed by atoms with Crippen LogP contribution in [0.5, 0.6) is 0 Å². The first-order valence-corrected chi connectivity index (χ1v) is 11.6. The lowest BCUT2D eigenvalue weighted by Crippen LogP contribution is -1.55. The third-order valence-electron chi connectivity index (χ3n) is 2.77. The molecule has 0 unspecified atom stereocenters. The van der Waals surface area contributed by atoms with Gasteiger partial charge in [0.25, 0.3) is 0 Å². The van der Waals surface area contributed by atoms with Crippen LogP contribution in [0, 0.1) is 0 Å². The summed E-state index contributed by atoms with van der Waals surface area (Å²) in [7, 11) is 0. The lowest BCUT2D eigenvalue weighted by Gasteiger charge is -1.76. The second-order valence-electron chi connectivity index (χ2n) is 5.85. The topological polar surface area (TPSA) is 0 Å². The quantitative estimate of drug-likeness (QED) is 0.351. The highest BCUT2D eigenvalue weighted by atomic mass is 13.7. The Kier molecular flexibility index (Phi) is 103. The Morgan fingerprint density at radius 1 is 0.448 bits per heavy atom. The number of allylic oxidation sites excluding steroid dienone is 9.